The van der Waals surface area contributed by atoms with Crippen molar-refractivity contribution in [2.24, 2.45) is 27.3 Å². The number of carbonyl (C=O) groups excluding carboxylic acids is 7. The van der Waals surface area contributed by atoms with Crippen molar-refractivity contribution in [3.8, 4) is 0 Å². The van der Waals surface area contributed by atoms with Crippen molar-refractivity contribution in [2.45, 2.75) is 83.6 Å². The van der Waals surface area contributed by atoms with Gasteiger partial charge in [0.15, 0.2) is 0 Å². The Balaban J connectivity index is 6.15. The fraction of sp³-hybridized carbons (Fsp3) is 0.667. The lowest BCUT2D eigenvalue weighted by Gasteiger charge is -2.33. The number of nitrogens with one attached hydrogen (secondary N) is 3. The van der Waals surface area contributed by atoms with Crippen molar-refractivity contribution in [1.29, 1.82) is 0 Å². The minimum atomic E-state index is -1.77. The third kappa shape index (κ3) is 11.3. The van der Waals surface area contributed by atoms with Crippen LogP contribution in [0.1, 0.15) is 53.4 Å². The molecule has 0 aliphatic rings. The molecule has 39 heavy (non-hydrogen) atoms. The fourth-order valence-corrected chi connectivity index (χ4v) is 3.27. The molecule has 0 aromatic heterocycles. The van der Waals surface area contributed by atoms with Crippen molar-refractivity contribution < 1.29 is 33.6 Å². The van der Waals surface area contributed by atoms with E-state index >= 15 is 0 Å². The topological polar surface area (TPSA) is 273 Å². The van der Waals surface area contributed by atoms with E-state index in [1.165, 1.54) is 0 Å². The number of nitrogens with two attached hydrogens (primary N) is 1. The lowest BCUT2D eigenvalue weighted by molar-refractivity contribution is -0.146. The SMILES string of the molecule is CC[C@H](C)[C@H](NC(C)=O)C(=O)N(N)[C@@H](CCC(=O)N=O)C(=O)N[C@H](C(=O)N[C@H](C=O)CC(=O)N=O)[C@H](C)N=O. The van der Waals surface area contributed by atoms with Crippen LogP contribution in [-0.2, 0) is 33.6 Å². The lowest BCUT2D eigenvalue weighted by Crippen LogP contribution is -2.63. The van der Waals surface area contributed by atoms with Gasteiger partial charge in [-0.25, -0.2) is 5.84 Å². The molecule has 216 valence electrons. The number of carbonyl (C=O) groups is 7. The summed E-state index contributed by atoms with van der Waals surface area (Å²) in [5, 5.41) is 14.1. The summed E-state index contributed by atoms with van der Waals surface area (Å²) in [6, 6.07) is -7.66. The molecule has 0 radical (unpaired) electrons. The summed E-state index contributed by atoms with van der Waals surface area (Å²) in [6.07, 6.45) is -1.43. The Morgan fingerprint density at radius 3 is 1.95 bits per heavy atom. The van der Waals surface area contributed by atoms with Crippen LogP contribution in [0.3, 0.4) is 0 Å². The summed E-state index contributed by atoms with van der Waals surface area (Å²) in [6.45, 7) is 5.65. The molecule has 0 heterocycles. The molecular formula is C21H32N8O10. The highest BCUT2D eigenvalue weighted by Gasteiger charge is 2.38. The molecule has 0 aliphatic heterocycles. The summed E-state index contributed by atoms with van der Waals surface area (Å²) < 4.78 is 0. The largest absolute Gasteiger partial charge is 0.344 e. The number of aldehydes is 1. The van der Waals surface area contributed by atoms with Crippen LogP contribution in [-0.4, -0.2) is 76.9 Å². The smallest absolute Gasteiger partial charge is 0.288 e. The molecule has 6 amide bonds. The summed E-state index contributed by atoms with van der Waals surface area (Å²) in [5.41, 5.74) is 0. The molecule has 0 unspecified atom stereocenters. The summed E-state index contributed by atoms with van der Waals surface area (Å²) in [5.74, 6) is -0.780. The molecule has 6 atom stereocenters. The highest BCUT2D eigenvalue weighted by atomic mass is 16.3. The zero-order chi connectivity index (χ0) is 30.3. The Bertz CT molecular complexity index is 974. The van der Waals surface area contributed by atoms with E-state index in [9.17, 15) is 48.3 Å². The zero-order valence-corrected chi connectivity index (χ0v) is 21.8. The summed E-state index contributed by atoms with van der Waals surface area (Å²) in [4.78, 5) is 117. The number of amides is 6. The second-order valence-corrected chi connectivity index (χ2v) is 8.62. The van der Waals surface area contributed by atoms with E-state index in [1.807, 2.05) is 0 Å². The quantitative estimate of drug-likeness (QED) is 0.0536. The molecule has 18 heteroatoms. The Hall–Kier alpha value is -4.35. The van der Waals surface area contributed by atoms with E-state index < -0.39 is 90.8 Å². The number of nitroso groups, excluding NO2 is 3. The van der Waals surface area contributed by atoms with Crippen LogP contribution in [0.2, 0.25) is 0 Å². The maximum atomic E-state index is 13.2. The van der Waals surface area contributed by atoms with Gasteiger partial charge in [0.25, 0.3) is 17.7 Å². The highest BCUT2D eigenvalue weighted by molar-refractivity contribution is 5.95. The molecule has 0 spiro atoms. The molecule has 5 N–H and O–H groups in total. The first-order chi connectivity index (χ1) is 18.3. The Kier molecular flexibility index (Phi) is 15.3. The van der Waals surface area contributed by atoms with Crippen LogP contribution in [0.15, 0.2) is 15.5 Å². The van der Waals surface area contributed by atoms with Crippen molar-refractivity contribution in [1.82, 2.24) is 21.0 Å². The van der Waals surface area contributed by atoms with Gasteiger partial charge in [0, 0.05) is 23.7 Å². The third-order valence-electron chi connectivity index (χ3n) is 5.68. The van der Waals surface area contributed by atoms with Crippen LogP contribution < -0.4 is 21.8 Å². The van der Waals surface area contributed by atoms with E-state index in [-0.39, 0.29) is 6.29 Å². The second kappa shape index (κ2) is 17.2. The van der Waals surface area contributed by atoms with Gasteiger partial charge >= 0.3 is 0 Å². The Morgan fingerprint density at radius 2 is 1.49 bits per heavy atom. The molecule has 0 rings (SSSR count). The first-order valence-corrected chi connectivity index (χ1v) is 11.7. The van der Waals surface area contributed by atoms with E-state index in [1.54, 1.807) is 13.8 Å². The summed E-state index contributed by atoms with van der Waals surface area (Å²) in [7, 11) is 0. The third-order valence-corrected chi connectivity index (χ3v) is 5.68. The van der Waals surface area contributed by atoms with Gasteiger partial charge in [-0.3, -0.25) is 33.8 Å². The van der Waals surface area contributed by atoms with Crippen LogP contribution >= 0.6 is 0 Å². The Morgan fingerprint density at radius 1 is 0.897 bits per heavy atom. The van der Waals surface area contributed by atoms with E-state index in [2.05, 4.69) is 31.5 Å². The highest BCUT2D eigenvalue weighted by Crippen LogP contribution is 2.14. The minimum Gasteiger partial charge on any atom is -0.344 e. The molecule has 0 saturated heterocycles. The van der Waals surface area contributed by atoms with Gasteiger partial charge in [-0.15, -0.1) is 9.81 Å². The molecule has 0 aromatic rings. The predicted molar refractivity (Wildman–Crippen MR) is 133 cm³/mol. The van der Waals surface area contributed by atoms with Crippen molar-refractivity contribution in [3.05, 3.63) is 14.7 Å². The minimum absolute atomic E-state index is 0.122. The molecule has 0 fully saturated rings. The van der Waals surface area contributed by atoms with E-state index in [0.29, 0.717) is 11.4 Å². The van der Waals surface area contributed by atoms with Gasteiger partial charge in [-0.1, -0.05) is 25.4 Å². The van der Waals surface area contributed by atoms with Crippen LogP contribution in [0.25, 0.3) is 0 Å². The Labute approximate surface area is 222 Å². The maximum Gasteiger partial charge on any atom is 0.288 e. The van der Waals surface area contributed by atoms with Gasteiger partial charge in [0.1, 0.15) is 30.5 Å². The van der Waals surface area contributed by atoms with E-state index in [4.69, 9.17) is 5.84 Å². The number of hydrogen-bond acceptors (Lipinski definition) is 12. The first kappa shape index (κ1) is 34.6. The lowest BCUT2D eigenvalue weighted by atomic mass is 9.97. The molecule has 0 bridgehead atoms. The van der Waals surface area contributed by atoms with Crippen molar-refractivity contribution >= 4 is 41.7 Å². The number of hydrogen-bond donors (Lipinski definition) is 4. The van der Waals surface area contributed by atoms with Crippen molar-refractivity contribution in [2.75, 3.05) is 0 Å². The van der Waals surface area contributed by atoms with Gasteiger partial charge in [0.2, 0.25) is 17.7 Å². The van der Waals surface area contributed by atoms with Gasteiger partial charge in [0.05, 0.1) is 12.5 Å². The van der Waals surface area contributed by atoms with E-state index in [0.717, 1.165) is 13.8 Å². The van der Waals surface area contributed by atoms with Crippen molar-refractivity contribution in [3.63, 3.8) is 0 Å². The van der Waals surface area contributed by atoms with Gasteiger partial charge in [-0.2, -0.15) is 4.91 Å². The maximum absolute atomic E-state index is 13.2. The fourth-order valence-electron chi connectivity index (χ4n) is 3.27. The standard InChI is InChI=1S/C21H32N8O10/c1-5-10(2)17(23-12(4)31)21(36)29(22)14(6-7-15(32)27-38)19(34)25-18(11(3)26-37)20(35)24-13(9-30)8-16(33)28-39/h9-11,13-14,17-18H,5-8,22H2,1-4H3,(H,23,31)(H,24,35)(H,25,34)/t10-,11-,13-,14-,17-,18-/m0/s1. The molecule has 0 aromatic carbocycles. The van der Waals surface area contributed by atoms with Crippen LogP contribution in [0.5, 0.6) is 0 Å². The van der Waals surface area contributed by atoms with Crippen LogP contribution in [0.4, 0.5) is 0 Å². The second-order valence-electron chi connectivity index (χ2n) is 8.62. The average molecular weight is 557 g/mol. The number of nitrogens with zero attached hydrogens (tertiary/aromatic N) is 4. The molecular weight excluding hydrogens is 524 g/mol. The zero-order valence-electron chi connectivity index (χ0n) is 21.8. The average Bonchev–Trinajstić information content (AvgIpc) is 2.92. The van der Waals surface area contributed by atoms with Gasteiger partial charge < -0.3 is 20.7 Å². The monoisotopic (exact) mass is 556 g/mol. The molecule has 18 nitrogen and oxygen atoms in total. The molecule has 0 aliphatic carbocycles. The molecule has 0 saturated carbocycles. The predicted octanol–water partition coefficient (Wildman–Crippen LogP) is -1.31. The first-order valence-electron chi connectivity index (χ1n) is 11.7. The van der Waals surface area contributed by atoms with Gasteiger partial charge in [-0.05, 0) is 19.3 Å². The number of hydrazine groups is 1. The van der Waals surface area contributed by atoms with Crippen LogP contribution in [0, 0.1) is 20.6 Å². The number of rotatable bonds is 17. The normalized spacial score (nSPS) is 15.1. The summed E-state index contributed by atoms with van der Waals surface area (Å²) >= 11 is 0.